The average molecular weight is 288 g/mol. The molecule has 0 amide bonds. The Morgan fingerprint density at radius 1 is 1.44 bits per heavy atom. The summed E-state index contributed by atoms with van der Waals surface area (Å²) >= 11 is 3.43. The standard InChI is InChI=1S/C12H18BrNO2/c1-10(9-15-2)16-7-6-14-12-5-3-4-11(13)8-12/h3-5,8,10,14H,6-7,9H2,1-2H3. The Morgan fingerprint density at radius 2 is 2.25 bits per heavy atom. The van der Waals surface area contributed by atoms with Gasteiger partial charge in [-0.2, -0.15) is 0 Å². The van der Waals surface area contributed by atoms with Crippen molar-refractivity contribution in [1.82, 2.24) is 0 Å². The Kier molecular flexibility index (Phi) is 6.45. The first-order valence-corrected chi connectivity index (χ1v) is 6.11. The summed E-state index contributed by atoms with van der Waals surface area (Å²) in [4.78, 5) is 0. The molecule has 1 aromatic rings. The second kappa shape index (κ2) is 7.65. The van der Waals surface area contributed by atoms with Gasteiger partial charge in [0.1, 0.15) is 0 Å². The second-order valence-corrected chi connectivity index (χ2v) is 4.49. The maximum Gasteiger partial charge on any atom is 0.0781 e. The van der Waals surface area contributed by atoms with Crippen LogP contribution in [0.2, 0.25) is 0 Å². The zero-order valence-corrected chi connectivity index (χ0v) is 11.3. The van der Waals surface area contributed by atoms with Crippen LogP contribution >= 0.6 is 15.9 Å². The van der Waals surface area contributed by atoms with Crippen LogP contribution in [0.25, 0.3) is 0 Å². The van der Waals surface area contributed by atoms with Crippen molar-refractivity contribution >= 4 is 21.6 Å². The molecular weight excluding hydrogens is 270 g/mol. The predicted molar refractivity (Wildman–Crippen MR) is 69.9 cm³/mol. The van der Waals surface area contributed by atoms with Crippen molar-refractivity contribution in [1.29, 1.82) is 0 Å². The molecule has 90 valence electrons. The topological polar surface area (TPSA) is 30.5 Å². The normalized spacial score (nSPS) is 12.4. The first-order valence-electron chi connectivity index (χ1n) is 5.32. The van der Waals surface area contributed by atoms with Crippen LogP contribution in [0, 0.1) is 0 Å². The average Bonchev–Trinajstić information content (AvgIpc) is 2.25. The minimum atomic E-state index is 0.148. The van der Waals surface area contributed by atoms with Crippen LogP contribution in [0.15, 0.2) is 28.7 Å². The fourth-order valence-corrected chi connectivity index (χ4v) is 1.74. The van der Waals surface area contributed by atoms with Gasteiger partial charge in [0.25, 0.3) is 0 Å². The van der Waals surface area contributed by atoms with E-state index >= 15 is 0 Å². The van der Waals surface area contributed by atoms with E-state index in [1.807, 2.05) is 31.2 Å². The number of halogens is 1. The highest BCUT2D eigenvalue weighted by atomic mass is 79.9. The third kappa shape index (κ3) is 5.49. The minimum Gasteiger partial charge on any atom is -0.383 e. The number of rotatable bonds is 7. The number of methoxy groups -OCH3 is 1. The second-order valence-electron chi connectivity index (χ2n) is 3.57. The zero-order valence-electron chi connectivity index (χ0n) is 9.70. The third-order valence-corrected chi connectivity index (χ3v) is 2.55. The van der Waals surface area contributed by atoms with E-state index in [1.165, 1.54) is 0 Å². The zero-order chi connectivity index (χ0) is 11.8. The Morgan fingerprint density at radius 3 is 2.94 bits per heavy atom. The molecule has 4 heteroatoms. The highest BCUT2D eigenvalue weighted by Crippen LogP contribution is 2.15. The fourth-order valence-electron chi connectivity index (χ4n) is 1.34. The van der Waals surface area contributed by atoms with Gasteiger partial charge in [0.2, 0.25) is 0 Å². The van der Waals surface area contributed by atoms with Crippen LogP contribution in [0.4, 0.5) is 5.69 Å². The van der Waals surface area contributed by atoms with Crippen LogP contribution < -0.4 is 5.32 Å². The lowest BCUT2D eigenvalue weighted by molar-refractivity contribution is 0.0140. The van der Waals surface area contributed by atoms with Gasteiger partial charge < -0.3 is 14.8 Å². The van der Waals surface area contributed by atoms with Crippen molar-refractivity contribution in [2.75, 3.05) is 32.2 Å². The monoisotopic (exact) mass is 287 g/mol. The summed E-state index contributed by atoms with van der Waals surface area (Å²) in [6.07, 6.45) is 0.148. The van der Waals surface area contributed by atoms with E-state index in [4.69, 9.17) is 9.47 Å². The van der Waals surface area contributed by atoms with Crippen LogP contribution in [-0.2, 0) is 9.47 Å². The predicted octanol–water partition coefficient (Wildman–Crippen LogP) is 2.91. The fraction of sp³-hybridized carbons (Fsp3) is 0.500. The van der Waals surface area contributed by atoms with Gasteiger partial charge >= 0.3 is 0 Å². The molecule has 0 aliphatic carbocycles. The van der Waals surface area contributed by atoms with Crippen molar-refractivity contribution in [2.45, 2.75) is 13.0 Å². The number of nitrogens with one attached hydrogen (secondary N) is 1. The molecule has 0 aliphatic rings. The molecule has 0 fully saturated rings. The van der Waals surface area contributed by atoms with Crippen molar-refractivity contribution in [3.63, 3.8) is 0 Å². The minimum absolute atomic E-state index is 0.148. The summed E-state index contributed by atoms with van der Waals surface area (Å²) in [5.41, 5.74) is 1.09. The lowest BCUT2D eigenvalue weighted by Crippen LogP contribution is -2.19. The first kappa shape index (κ1) is 13.5. The number of ether oxygens (including phenoxy) is 2. The molecule has 16 heavy (non-hydrogen) atoms. The molecule has 1 atom stereocenters. The summed E-state index contributed by atoms with van der Waals surface area (Å²) in [5.74, 6) is 0. The van der Waals surface area contributed by atoms with E-state index in [0.29, 0.717) is 13.2 Å². The summed E-state index contributed by atoms with van der Waals surface area (Å²) in [6.45, 7) is 4.11. The third-order valence-electron chi connectivity index (χ3n) is 2.06. The van der Waals surface area contributed by atoms with Crippen LogP contribution in [0.1, 0.15) is 6.92 Å². The molecule has 3 nitrogen and oxygen atoms in total. The van der Waals surface area contributed by atoms with E-state index in [0.717, 1.165) is 16.7 Å². The van der Waals surface area contributed by atoms with E-state index in [9.17, 15) is 0 Å². The first-order chi connectivity index (χ1) is 7.72. The number of anilines is 1. The molecule has 0 saturated carbocycles. The molecule has 0 aliphatic heterocycles. The van der Waals surface area contributed by atoms with Gasteiger partial charge in [0.15, 0.2) is 0 Å². The van der Waals surface area contributed by atoms with Crippen LogP contribution in [0.3, 0.4) is 0 Å². The van der Waals surface area contributed by atoms with E-state index in [2.05, 4.69) is 21.2 Å². The lowest BCUT2D eigenvalue weighted by atomic mass is 10.3. The Labute approximate surface area is 105 Å². The maximum atomic E-state index is 5.54. The molecule has 1 unspecified atom stereocenters. The smallest absolute Gasteiger partial charge is 0.0781 e. The van der Waals surface area contributed by atoms with E-state index in [1.54, 1.807) is 7.11 Å². The van der Waals surface area contributed by atoms with Gasteiger partial charge in [-0.05, 0) is 25.1 Å². The van der Waals surface area contributed by atoms with Crippen molar-refractivity contribution in [3.8, 4) is 0 Å². The van der Waals surface area contributed by atoms with Gasteiger partial charge in [-0.25, -0.2) is 0 Å². The molecule has 0 bridgehead atoms. The highest BCUT2D eigenvalue weighted by molar-refractivity contribution is 9.10. The number of hydrogen-bond acceptors (Lipinski definition) is 3. The summed E-state index contributed by atoms with van der Waals surface area (Å²) in [5, 5.41) is 3.29. The lowest BCUT2D eigenvalue weighted by Gasteiger charge is -2.12. The van der Waals surface area contributed by atoms with E-state index < -0.39 is 0 Å². The van der Waals surface area contributed by atoms with Gasteiger partial charge in [0.05, 0.1) is 19.3 Å². The maximum absolute atomic E-state index is 5.54. The number of hydrogen-bond donors (Lipinski definition) is 1. The Bertz CT molecular complexity index is 307. The molecule has 0 aromatic heterocycles. The molecule has 0 heterocycles. The molecule has 0 spiro atoms. The van der Waals surface area contributed by atoms with Crippen molar-refractivity contribution in [3.05, 3.63) is 28.7 Å². The summed E-state index contributed by atoms with van der Waals surface area (Å²) < 4.78 is 11.6. The highest BCUT2D eigenvalue weighted by Gasteiger charge is 2.00. The summed E-state index contributed by atoms with van der Waals surface area (Å²) in [6, 6.07) is 8.07. The van der Waals surface area contributed by atoms with Crippen molar-refractivity contribution in [2.24, 2.45) is 0 Å². The molecule has 0 radical (unpaired) electrons. The largest absolute Gasteiger partial charge is 0.383 e. The van der Waals surface area contributed by atoms with Gasteiger partial charge in [-0.1, -0.05) is 22.0 Å². The Hall–Kier alpha value is -0.580. The Balaban J connectivity index is 2.16. The SMILES string of the molecule is COCC(C)OCCNc1cccc(Br)c1. The van der Waals surface area contributed by atoms with Gasteiger partial charge in [0, 0.05) is 23.8 Å². The quantitative estimate of drug-likeness (QED) is 0.783. The molecular formula is C12H18BrNO2. The molecule has 1 rings (SSSR count). The van der Waals surface area contributed by atoms with Gasteiger partial charge in [-0.15, -0.1) is 0 Å². The molecule has 1 N–H and O–H groups in total. The van der Waals surface area contributed by atoms with E-state index in [-0.39, 0.29) is 6.10 Å². The molecule has 1 aromatic carbocycles. The van der Waals surface area contributed by atoms with Crippen molar-refractivity contribution < 1.29 is 9.47 Å². The van der Waals surface area contributed by atoms with Gasteiger partial charge in [-0.3, -0.25) is 0 Å². The number of benzene rings is 1. The summed E-state index contributed by atoms with van der Waals surface area (Å²) in [7, 11) is 1.68. The van der Waals surface area contributed by atoms with Crippen LogP contribution in [-0.4, -0.2) is 33.0 Å². The molecule has 0 saturated heterocycles. The van der Waals surface area contributed by atoms with Crippen LogP contribution in [0.5, 0.6) is 0 Å².